The van der Waals surface area contributed by atoms with Gasteiger partial charge >= 0.3 is 0 Å². The molecule has 17 heavy (non-hydrogen) atoms. The van der Waals surface area contributed by atoms with Crippen molar-refractivity contribution in [2.75, 3.05) is 0 Å². The van der Waals surface area contributed by atoms with E-state index in [0.29, 0.717) is 23.3 Å². The number of ether oxygens (including phenoxy) is 1. The summed E-state index contributed by atoms with van der Waals surface area (Å²) in [6, 6.07) is 9.61. The summed E-state index contributed by atoms with van der Waals surface area (Å²) in [6.45, 7) is 0.504. The predicted octanol–water partition coefficient (Wildman–Crippen LogP) is 5.48. The largest absolute Gasteiger partial charge is 0.486 e. The van der Waals surface area contributed by atoms with E-state index in [1.54, 1.807) is 17.4 Å². The molecule has 2 aromatic rings. The number of halogens is 3. The second-order valence-electron chi connectivity index (χ2n) is 3.36. The van der Waals surface area contributed by atoms with Gasteiger partial charge < -0.3 is 4.74 Å². The average molecular weight is 352 g/mol. The Morgan fingerprint density at radius 2 is 2.06 bits per heavy atom. The van der Waals surface area contributed by atoms with Gasteiger partial charge in [-0.3, -0.25) is 0 Å². The third-order valence-corrected chi connectivity index (χ3v) is 4.36. The first-order chi connectivity index (χ1) is 8.20. The van der Waals surface area contributed by atoms with Gasteiger partial charge in [0.2, 0.25) is 0 Å². The minimum absolute atomic E-state index is 0.393. The molecule has 0 radical (unpaired) electrons. The van der Waals surface area contributed by atoms with Crippen LogP contribution in [0.1, 0.15) is 10.4 Å². The number of alkyl halides is 1. The number of hydrogen-bond donors (Lipinski definition) is 0. The first-order valence-electron chi connectivity index (χ1n) is 4.91. The number of thiophene rings is 1. The van der Waals surface area contributed by atoms with E-state index in [1.165, 1.54) is 0 Å². The van der Waals surface area contributed by atoms with Crippen molar-refractivity contribution in [1.29, 1.82) is 0 Å². The smallest absolute Gasteiger partial charge is 0.142 e. The highest BCUT2D eigenvalue weighted by atomic mass is 79.9. The van der Waals surface area contributed by atoms with Crippen LogP contribution in [0.4, 0.5) is 0 Å². The summed E-state index contributed by atoms with van der Waals surface area (Å²) >= 11 is 17.0. The lowest BCUT2D eigenvalue weighted by Crippen LogP contribution is -1.96. The molecule has 1 aromatic carbocycles. The highest BCUT2D eigenvalue weighted by Gasteiger charge is 2.08. The second-order valence-corrected chi connectivity index (χ2v) is 6.58. The third kappa shape index (κ3) is 3.38. The van der Waals surface area contributed by atoms with Crippen LogP contribution < -0.4 is 4.74 Å². The molecule has 0 fully saturated rings. The van der Waals surface area contributed by atoms with Gasteiger partial charge in [0.05, 0.1) is 14.7 Å². The van der Waals surface area contributed by atoms with Gasteiger partial charge in [0, 0.05) is 10.4 Å². The maximum absolute atomic E-state index is 6.09. The molecule has 0 spiro atoms. The molecule has 2 rings (SSSR count). The van der Waals surface area contributed by atoms with Crippen LogP contribution in [-0.4, -0.2) is 0 Å². The fourth-order valence-electron chi connectivity index (χ4n) is 1.39. The Kier molecular flexibility index (Phi) is 4.74. The summed E-state index contributed by atoms with van der Waals surface area (Å²) in [6.07, 6.45) is 0. The summed E-state index contributed by atoms with van der Waals surface area (Å²) in [5.74, 6) is 1.07. The SMILES string of the molecule is ClCc1cccc(Cl)c1OCc1ccc(Br)s1. The van der Waals surface area contributed by atoms with Gasteiger partial charge in [-0.1, -0.05) is 23.7 Å². The Bertz CT molecular complexity index is 513. The lowest BCUT2D eigenvalue weighted by molar-refractivity contribution is 0.307. The predicted molar refractivity (Wildman–Crippen MR) is 77.4 cm³/mol. The first-order valence-corrected chi connectivity index (χ1v) is 7.43. The van der Waals surface area contributed by atoms with Crippen molar-refractivity contribution in [3.05, 3.63) is 49.6 Å². The van der Waals surface area contributed by atoms with Gasteiger partial charge in [-0.15, -0.1) is 22.9 Å². The lowest BCUT2D eigenvalue weighted by Gasteiger charge is -2.10. The van der Waals surface area contributed by atoms with E-state index >= 15 is 0 Å². The molecule has 0 saturated carbocycles. The van der Waals surface area contributed by atoms with E-state index in [9.17, 15) is 0 Å². The maximum atomic E-state index is 6.09. The fourth-order valence-corrected chi connectivity index (χ4v) is 3.25. The van der Waals surface area contributed by atoms with Crippen molar-refractivity contribution in [1.82, 2.24) is 0 Å². The van der Waals surface area contributed by atoms with Crippen molar-refractivity contribution < 1.29 is 4.74 Å². The Balaban J connectivity index is 2.13. The van der Waals surface area contributed by atoms with Crippen molar-refractivity contribution in [3.63, 3.8) is 0 Å². The van der Waals surface area contributed by atoms with E-state index in [0.717, 1.165) is 14.2 Å². The van der Waals surface area contributed by atoms with Gasteiger partial charge in [-0.25, -0.2) is 0 Å². The van der Waals surface area contributed by atoms with Crippen molar-refractivity contribution >= 4 is 50.5 Å². The standard InChI is InChI=1S/C12H9BrCl2OS/c13-11-5-4-9(17-11)7-16-12-8(6-14)2-1-3-10(12)15/h1-5H,6-7H2. The van der Waals surface area contributed by atoms with Gasteiger partial charge in [-0.2, -0.15) is 0 Å². The molecule has 0 amide bonds. The number of benzene rings is 1. The zero-order chi connectivity index (χ0) is 12.3. The minimum atomic E-state index is 0.393. The molecular formula is C12H9BrCl2OS. The van der Waals surface area contributed by atoms with Crippen LogP contribution in [0.3, 0.4) is 0 Å². The van der Waals surface area contributed by atoms with E-state index < -0.39 is 0 Å². The molecule has 0 aliphatic carbocycles. The molecule has 0 saturated heterocycles. The quantitative estimate of drug-likeness (QED) is 0.662. The van der Waals surface area contributed by atoms with Crippen molar-refractivity contribution in [3.8, 4) is 5.75 Å². The second kappa shape index (κ2) is 6.10. The van der Waals surface area contributed by atoms with E-state index in [1.807, 2.05) is 24.3 Å². The Morgan fingerprint density at radius 1 is 1.24 bits per heavy atom. The summed E-state index contributed by atoms with van der Waals surface area (Å²) in [5.41, 5.74) is 0.912. The van der Waals surface area contributed by atoms with Gasteiger partial charge in [0.1, 0.15) is 12.4 Å². The summed E-state index contributed by atoms with van der Waals surface area (Å²) in [7, 11) is 0. The molecule has 0 N–H and O–H groups in total. The average Bonchev–Trinajstić information content (AvgIpc) is 2.73. The normalized spacial score (nSPS) is 10.5. The zero-order valence-corrected chi connectivity index (χ0v) is 12.7. The van der Waals surface area contributed by atoms with Crippen LogP contribution in [0.2, 0.25) is 5.02 Å². The Labute approximate surface area is 122 Å². The molecule has 0 aliphatic rings. The maximum Gasteiger partial charge on any atom is 0.142 e. The van der Waals surface area contributed by atoms with E-state index in [-0.39, 0.29) is 0 Å². The third-order valence-electron chi connectivity index (χ3n) is 2.18. The van der Waals surface area contributed by atoms with Crippen molar-refractivity contribution in [2.45, 2.75) is 12.5 Å². The van der Waals surface area contributed by atoms with Gasteiger partial charge in [0.15, 0.2) is 0 Å². The van der Waals surface area contributed by atoms with E-state index in [2.05, 4.69) is 15.9 Å². The number of hydrogen-bond acceptors (Lipinski definition) is 2. The monoisotopic (exact) mass is 350 g/mol. The van der Waals surface area contributed by atoms with Crippen LogP contribution in [0.25, 0.3) is 0 Å². The Morgan fingerprint density at radius 3 is 2.71 bits per heavy atom. The Hall–Kier alpha value is -0.220. The molecule has 1 nitrogen and oxygen atoms in total. The molecule has 0 atom stereocenters. The minimum Gasteiger partial charge on any atom is -0.486 e. The molecule has 90 valence electrons. The highest BCUT2D eigenvalue weighted by Crippen LogP contribution is 2.31. The molecule has 5 heteroatoms. The van der Waals surface area contributed by atoms with Crippen LogP contribution >= 0.6 is 50.5 Å². The molecule has 0 bridgehead atoms. The topological polar surface area (TPSA) is 9.23 Å². The van der Waals surface area contributed by atoms with Crippen LogP contribution in [0.15, 0.2) is 34.1 Å². The van der Waals surface area contributed by atoms with Crippen LogP contribution in [0.5, 0.6) is 5.75 Å². The van der Waals surface area contributed by atoms with Crippen molar-refractivity contribution in [2.24, 2.45) is 0 Å². The number of rotatable bonds is 4. The molecule has 1 aromatic heterocycles. The zero-order valence-electron chi connectivity index (χ0n) is 8.75. The number of para-hydroxylation sites is 1. The lowest BCUT2D eigenvalue weighted by atomic mass is 10.2. The first kappa shape index (κ1) is 13.2. The molecular weight excluding hydrogens is 343 g/mol. The molecule has 0 aliphatic heterocycles. The highest BCUT2D eigenvalue weighted by molar-refractivity contribution is 9.11. The van der Waals surface area contributed by atoms with Crippen LogP contribution in [-0.2, 0) is 12.5 Å². The van der Waals surface area contributed by atoms with Crippen LogP contribution in [0, 0.1) is 0 Å². The fraction of sp³-hybridized carbons (Fsp3) is 0.167. The summed E-state index contributed by atoms with van der Waals surface area (Å²) < 4.78 is 6.82. The van der Waals surface area contributed by atoms with Gasteiger partial charge in [0.25, 0.3) is 0 Å². The summed E-state index contributed by atoms with van der Waals surface area (Å²) in [4.78, 5) is 1.14. The van der Waals surface area contributed by atoms with Gasteiger partial charge in [-0.05, 0) is 34.1 Å². The summed E-state index contributed by atoms with van der Waals surface area (Å²) in [5, 5.41) is 0.596. The van der Waals surface area contributed by atoms with E-state index in [4.69, 9.17) is 27.9 Å². The molecule has 0 unspecified atom stereocenters. The molecule has 1 heterocycles.